The van der Waals surface area contributed by atoms with Gasteiger partial charge in [-0.15, -0.1) is 0 Å². The van der Waals surface area contributed by atoms with Crippen molar-refractivity contribution in [3.63, 3.8) is 0 Å². The van der Waals surface area contributed by atoms with Crippen LogP contribution in [0.1, 0.15) is 5.56 Å². The first-order valence-corrected chi connectivity index (χ1v) is 6.09. The van der Waals surface area contributed by atoms with Crippen molar-refractivity contribution in [1.82, 2.24) is 19.7 Å². The number of nitrogens with zero attached hydrogens (tertiary/aromatic N) is 5. The molecule has 0 saturated heterocycles. The predicted molar refractivity (Wildman–Crippen MR) is 70.1 cm³/mol. The second-order valence-electron chi connectivity index (χ2n) is 3.68. The topological polar surface area (TPSA) is 46.8 Å². The number of aromatic nitrogens is 4. The molecule has 2 aromatic heterocycles. The highest BCUT2D eigenvalue weighted by Gasteiger charge is 2.12. The van der Waals surface area contributed by atoms with Crippen molar-refractivity contribution in [2.24, 2.45) is 7.05 Å². The van der Waals surface area contributed by atoms with Crippen LogP contribution in [0.15, 0.2) is 23.2 Å². The summed E-state index contributed by atoms with van der Waals surface area (Å²) in [5, 5.41) is 4.53. The highest BCUT2D eigenvalue weighted by molar-refractivity contribution is 9.10. The fourth-order valence-electron chi connectivity index (χ4n) is 1.51. The molecular formula is C10H11BrClN5. The van der Waals surface area contributed by atoms with E-state index < -0.39 is 0 Å². The van der Waals surface area contributed by atoms with E-state index in [0.29, 0.717) is 16.2 Å². The molecule has 0 aromatic carbocycles. The van der Waals surface area contributed by atoms with Crippen molar-refractivity contribution in [3.05, 3.63) is 33.9 Å². The van der Waals surface area contributed by atoms with Gasteiger partial charge in [0.25, 0.3) is 0 Å². The Morgan fingerprint density at radius 2 is 2.24 bits per heavy atom. The summed E-state index contributed by atoms with van der Waals surface area (Å²) in [5.74, 6) is 0.758. The van der Waals surface area contributed by atoms with Gasteiger partial charge in [-0.05, 0) is 15.9 Å². The molecule has 7 heteroatoms. The van der Waals surface area contributed by atoms with E-state index in [4.69, 9.17) is 11.6 Å². The largest absolute Gasteiger partial charge is 0.354 e. The van der Waals surface area contributed by atoms with Crippen LogP contribution in [0.5, 0.6) is 0 Å². The molecule has 0 amide bonds. The molecule has 0 aliphatic rings. The van der Waals surface area contributed by atoms with E-state index in [1.54, 1.807) is 4.68 Å². The second-order valence-corrected chi connectivity index (χ2v) is 4.83. The molecule has 0 radical (unpaired) electrons. The van der Waals surface area contributed by atoms with Crippen molar-refractivity contribution in [3.8, 4) is 0 Å². The van der Waals surface area contributed by atoms with Crippen LogP contribution >= 0.6 is 27.5 Å². The molecule has 90 valence electrons. The summed E-state index contributed by atoms with van der Waals surface area (Å²) in [4.78, 5) is 10.1. The van der Waals surface area contributed by atoms with Gasteiger partial charge in [0, 0.05) is 32.4 Å². The van der Waals surface area contributed by atoms with Crippen molar-refractivity contribution < 1.29 is 0 Å². The predicted octanol–water partition coefficient (Wildman–Crippen LogP) is 2.26. The third kappa shape index (κ3) is 2.76. The normalized spacial score (nSPS) is 10.6. The van der Waals surface area contributed by atoms with Gasteiger partial charge in [0.2, 0.25) is 0 Å². The zero-order valence-corrected chi connectivity index (χ0v) is 11.8. The number of aryl methyl sites for hydroxylation is 1. The molecule has 0 aliphatic carbocycles. The first-order valence-electron chi connectivity index (χ1n) is 4.92. The molecule has 2 aromatic rings. The maximum absolute atomic E-state index is 5.92. The minimum atomic E-state index is 0.410. The number of hydrogen-bond acceptors (Lipinski definition) is 4. The van der Waals surface area contributed by atoms with Gasteiger partial charge in [-0.2, -0.15) is 5.10 Å². The summed E-state index contributed by atoms with van der Waals surface area (Å²) < 4.78 is 2.47. The van der Waals surface area contributed by atoms with E-state index in [9.17, 15) is 0 Å². The Morgan fingerprint density at radius 3 is 2.88 bits per heavy atom. The van der Waals surface area contributed by atoms with Crippen LogP contribution < -0.4 is 4.90 Å². The molecule has 0 atom stereocenters. The molecule has 0 fully saturated rings. The molecular weight excluding hydrogens is 306 g/mol. The van der Waals surface area contributed by atoms with Crippen LogP contribution in [0, 0.1) is 0 Å². The standard InChI is InChI=1S/C10H11BrClN5/c1-16(4-7-3-15-17(2)5-7)10-8(11)9(12)13-6-14-10/h3,5-6H,4H2,1-2H3. The summed E-state index contributed by atoms with van der Waals surface area (Å²) in [6, 6.07) is 0. The summed E-state index contributed by atoms with van der Waals surface area (Å²) in [6.07, 6.45) is 5.24. The van der Waals surface area contributed by atoms with Crippen LogP contribution in [0.4, 0.5) is 5.82 Å². The van der Waals surface area contributed by atoms with Gasteiger partial charge in [-0.25, -0.2) is 9.97 Å². The monoisotopic (exact) mass is 315 g/mol. The van der Waals surface area contributed by atoms with E-state index in [-0.39, 0.29) is 0 Å². The van der Waals surface area contributed by atoms with Crippen LogP contribution in [0.2, 0.25) is 5.15 Å². The van der Waals surface area contributed by atoms with Gasteiger partial charge >= 0.3 is 0 Å². The smallest absolute Gasteiger partial charge is 0.148 e. The summed E-state index contributed by atoms with van der Waals surface area (Å²) in [6.45, 7) is 0.708. The van der Waals surface area contributed by atoms with Crippen molar-refractivity contribution in [2.75, 3.05) is 11.9 Å². The summed E-state index contributed by atoms with van der Waals surface area (Å²) in [7, 11) is 3.83. The Balaban J connectivity index is 2.20. The maximum Gasteiger partial charge on any atom is 0.148 e. The van der Waals surface area contributed by atoms with E-state index in [2.05, 4.69) is 31.0 Å². The zero-order chi connectivity index (χ0) is 12.4. The molecule has 0 unspecified atom stereocenters. The summed E-state index contributed by atoms with van der Waals surface area (Å²) >= 11 is 9.30. The molecule has 0 saturated carbocycles. The Morgan fingerprint density at radius 1 is 1.47 bits per heavy atom. The second kappa shape index (κ2) is 5.01. The van der Waals surface area contributed by atoms with Gasteiger partial charge in [-0.3, -0.25) is 4.68 Å². The number of rotatable bonds is 3. The molecule has 0 spiro atoms. The van der Waals surface area contributed by atoms with Crippen molar-refractivity contribution >= 4 is 33.3 Å². The Hall–Kier alpha value is -1.14. The lowest BCUT2D eigenvalue weighted by Crippen LogP contribution is -2.18. The fraction of sp³-hybridized carbons (Fsp3) is 0.300. The number of hydrogen-bond donors (Lipinski definition) is 0. The van der Waals surface area contributed by atoms with E-state index in [1.165, 1.54) is 6.33 Å². The highest BCUT2D eigenvalue weighted by Crippen LogP contribution is 2.28. The lowest BCUT2D eigenvalue weighted by molar-refractivity contribution is 0.766. The number of halogens is 2. The Labute approximate surface area is 113 Å². The van der Waals surface area contributed by atoms with Gasteiger partial charge in [-0.1, -0.05) is 11.6 Å². The fourth-order valence-corrected chi connectivity index (χ4v) is 2.14. The maximum atomic E-state index is 5.92. The molecule has 0 aliphatic heterocycles. The van der Waals surface area contributed by atoms with E-state index in [1.807, 2.05) is 31.4 Å². The van der Waals surface area contributed by atoms with E-state index >= 15 is 0 Å². The average Bonchev–Trinajstić information content (AvgIpc) is 2.68. The molecule has 2 heterocycles. The van der Waals surface area contributed by atoms with Crippen LogP contribution in [0.3, 0.4) is 0 Å². The molecule has 17 heavy (non-hydrogen) atoms. The lowest BCUT2D eigenvalue weighted by atomic mass is 10.3. The van der Waals surface area contributed by atoms with Gasteiger partial charge < -0.3 is 4.90 Å². The molecule has 5 nitrogen and oxygen atoms in total. The van der Waals surface area contributed by atoms with Gasteiger partial charge in [0.1, 0.15) is 17.3 Å². The van der Waals surface area contributed by atoms with Crippen LogP contribution in [-0.4, -0.2) is 26.8 Å². The zero-order valence-electron chi connectivity index (χ0n) is 9.43. The van der Waals surface area contributed by atoms with E-state index in [0.717, 1.165) is 11.4 Å². The SMILES string of the molecule is CN(Cc1cnn(C)c1)c1ncnc(Cl)c1Br. The third-order valence-electron chi connectivity index (χ3n) is 2.27. The van der Waals surface area contributed by atoms with Crippen molar-refractivity contribution in [2.45, 2.75) is 6.54 Å². The summed E-state index contributed by atoms with van der Waals surface area (Å²) in [5.41, 5.74) is 1.11. The minimum Gasteiger partial charge on any atom is -0.354 e. The van der Waals surface area contributed by atoms with Gasteiger partial charge in [0.15, 0.2) is 0 Å². The van der Waals surface area contributed by atoms with Crippen LogP contribution in [0.25, 0.3) is 0 Å². The highest BCUT2D eigenvalue weighted by atomic mass is 79.9. The first-order chi connectivity index (χ1) is 8.08. The Kier molecular flexibility index (Phi) is 3.63. The molecule has 0 N–H and O–H groups in total. The molecule has 2 rings (SSSR count). The van der Waals surface area contributed by atoms with Crippen LogP contribution in [-0.2, 0) is 13.6 Å². The van der Waals surface area contributed by atoms with Gasteiger partial charge in [0.05, 0.1) is 10.7 Å². The van der Waals surface area contributed by atoms with Crippen molar-refractivity contribution in [1.29, 1.82) is 0 Å². The number of anilines is 1. The minimum absolute atomic E-state index is 0.410. The quantitative estimate of drug-likeness (QED) is 0.815. The molecule has 0 bridgehead atoms. The average molecular weight is 317 g/mol. The Bertz CT molecular complexity index is 527. The first kappa shape index (κ1) is 12.3. The third-order valence-corrected chi connectivity index (χ3v) is 3.51. The lowest BCUT2D eigenvalue weighted by Gasteiger charge is -2.18.